The van der Waals surface area contributed by atoms with Crippen molar-refractivity contribution in [3.05, 3.63) is 60.3 Å². The van der Waals surface area contributed by atoms with Crippen LogP contribution in [0.3, 0.4) is 0 Å². The highest BCUT2D eigenvalue weighted by molar-refractivity contribution is 6.07. The molecule has 0 unspecified atom stereocenters. The molecule has 5 aromatic rings. The zero-order valence-corrected chi connectivity index (χ0v) is 22.5. The molecule has 1 amide bonds. The average Bonchev–Trinajstić information content (AvgIpc) is 3.56. The summed E-state index contributed by atoms with van der Waals surface area (Å²) in [6.45, 7) is 3.05. The third-order valence-corrected chi connectivity index (χ3v) is 6.82. The molecule has 212 valence electrons. The lowest BCUT2D eigenvalue weighted by molar-refractivity contribution is -0.664. The Morgan fingerprint density at radius 1 is 1.17 bits per heavy atom. The number of ether oxygens (including phenoxy) is 1. The number of fused-ring (bicyclic) bond motifs is 2. The molecule has 1 aliphatic heterocycles. The standard InChI is InChI=1S/C26H25FN8O2.C2H4O2/c1-37-21-12-14(2-4-19(21)33-26(36)20-11-15-10-16(27)3-5-18(15)32-20)23-22-24(28)30-13-31-25(22)35(34-23)17-6-8-29-9-7-17;1-2(3)4/h2-5,10-13,17,29,32H,6-9H2,1H3,(H,33,36)(H2,28,30,31);1H3,(H,3,4). The first-order chi connectivity index (χ1) is 19.7. The quantitative estimate of drug-likeness (QED) is 0.250. The molecule has 0 aliphatic carbocycles. The minimum absolute atomic E-state index is 0.237. The molecule has 4 heterocycles. The van der Waals surface area contributed by atoms with Gasteiger partial charge in [-0.25, -0.2) is 19.0 Å². The van der Waals surface area contributed by atoms with E-state index in [4.69, 9.17) is 25.5 Å². The summed E-state index contributed by atoms with van der Waals surface area (Å²) in [5, 5.41) is 20.3. The molecule has 1 saturated heterocycles. The number of halogens is 1. The summed E-state index contributed by atoms with van der Waals surface area (Å²) in [6.07, 6.45) is 3.45. The highest BCUT2D eigenvalue weighted by Gasteiger charge is 2.25. The van der Waals surface area contributed by atoms with Gasteiger partial charge in [0.1, 0.15) is 35.1 Å². The molecule has 0 radical (unpaired) electrons. The van der Waals surface area contributed by atoms with Gasteiger partial charge in [-0.3, -0.25) is 4.79 Å². The van der Waals surface area contributed by atoms with Crippen molar-refractivity contribution in [2.24, 2.45) is 0 Å². The minimum Gasteiger partial charge on any atom is -0.550 e. The van der Waals surface area contributed by atoms with Gasteiger partial charge in [-0.2, -0.15) is 5.10 Å². The Bertz CT molecular complexity index is 1740. The number of carboxylic acids is 1. The summed E-state index contributed by atoms with van der Waals surface area (Å²) in [7, 11) is 1.53. The van der Waals surface area contributed by atoms with E-state index < -0.39 is 5.97 Å². The van der Waals surface area contributed by atoms with Crippen molar-refractivity contribution >= 4 is 45.3 Å². The number of hydrogen-bond acceptors (Lipinski definition) is 8. The Kier molecular flexibility index (Phi) is 7.79. The SMILES string of the molecule is CC(=O)[O-].COc1cc(-c2nn(C3CC[NH2+]CC3)c3ncnc(N)c23)ccc1NC(=O)c1cc2cc(F)ccc2[nH]1. The van der Waals surface area contributed by atoms with Crippen LogP contribution < -0.4 is 26.2 Å². The first-order valence-electron chi connectivity index (χ1n) is 13.0. The van der Waals surface area contributed by atoms with E-state index in [9.17, 15) is 9.18 Å². The number of rotatable bonds is 5. The van der Waals surface area contributed by atoms with Gasteiger partial charge in [0.25, 0.3) is 5.91 Å². The summed E-state index contributed by atoms with van der Waals surface area (Å²) in [6, 6.07) is 11.6. The molecule has 0 spiro atoms. The van der Waals surface area contributed by atoms with Crippen LogP contribution in [0.2, 0.25) is 0 Å². The number of aliphatic carboxylic acids is 1. The number of methoxy groups -OCH3 is 1. The van der Waals surface area contributed by atoms with E-state index in [1.165, 1.54) is 25.6 Å². The Balaban J connectivity index is 0.000000794. The Labute approximate surface area is 233 Å². The van der Waals surface area contributed by atoms with Crippen molar-refractivity contribution in [2.75, 3.05) is 31.2 Å². The predicted octanol–water partition coefficient (Wildman–Crippen LogP) is 1.61. The normalized spacial score (nSPS) is 13.5. The number of carboxylic acid groups (broad SMARTS) is 1. The highest BCUT2D eigenvalue weighted by atomic mass is 19.1. The topological polar surface area (TPSA) is 180 Å². The second-order valence-electron chi connectivity index (χ2n) is 9.62. The number of carbonyl (C=O) groups excluding carboxylic acids is 2. The number of hydrogen-bond donors (Lipinski definition) is 4. The minimum atomic E-state index is -1.08. The van der Waals surface area contributed by atoms with Gasteiger partial charge in [0.05, 0.1) is 37.3 Å². The zero-order valence-electron chi connectivity index (χ0n) is 22.5. The van der Waals surface area contributed by atoms with E-state index in [1.54, 1.807) is 18.2 Å². The molecule has 0 saturated carbocycles. The molecule has 41 heavy (non-hydrogen) atoms. The van der Waals surface area contributed by atoms with Gasteiger partial charge < -0.3 is 36.0 Å². The van der Waals surface area contributed by atoms with Crippen molar-refractivity contribution in [3.8, 4) is 17.0 Å². The largest absolute Gasteiger partial charge is 0.550 e. The maximum Gasteiger partial charge on any atom is 0.272 e. The van der Waals surface area contributed by atoms with Crippen molar-refractivity contribution in [2.45, 2.75) is 25.8 Å². The van der Waals surface area contributed by atoms with Gasteiger partial charge in [0, 0.05) is 35.3 Å². The second-order valence-corrected chi connectivity index (χ2v) is 9.62. The zero-order chi connectivity index (χ0) is 29.1. The average molecular weight is 561 g/mol. The summed E-state index contributed by atoms with van der Waals surface area (Å²) in [5.74, 6) is -0.999. The van der Waals surface area contributed by atoms with Crippen LogP contribution in [0.1, 0.15) is 36.3 Å². The smallest absolute Gasteiger partial charge is 0.272 e. The van der Waals surface area contributed by atoms with Gasteiger partial charge in [-0.15, -0.1) is 0 Å². The number of anilines is 2. The molecule has 1 aliphatic rings. The molecule has 12 nitrogen and oxygen atoms in total. The number of quaternary nitrogens is 1. The molecule has 0 bridgehead atoms. The van der Waals surface area contributed by atoms with E-state index in [1.807, 2.05) is 16.8 Å². The number of nitrogen functional groups attached to an aromatic ring is 1. The monoisotopic (exact) mass is 560 g/mol. The van der Waals surface area contributed by atoms with Crippen LogP contribution >= 0.6 is 0 Å². The number of carbonyl (C=O) groups is 2. The number of aromatic amines is 1. The first kappa shape index (κ1) is 27.5. The van der Waals surface area contributed by atoms with Crippen LogP contribution in [0.25, 0.3) is 33.2 Å². The fraction of sp³-hybridized carbons (Fsp3) is 0.250. The number of nitrogens with one attached hydrogen (secondary N) is 2. The van der Waals surface area contributed by atoms with Gasteiger partial charge in [-0.1, -0.05) is 6.07 Å². The molecule has 13 heteroatoms. The van der Waals surface area contributed by atoms with E-state index in [0.717, 1.165) is 38.4 Å². The number of benzene rings is 2. The summed E-state index contributed by atoms with van der Waals surface area (Å²) in [5.41, 5.74) is 9.89. The molecular formula is C28H29FN8O4. The molecule has 2 aromatic carbocycles. The number of piperidine rings is 1. The Morgan fingerprint density at radius 3 is 2.66 bits per heavy atom. The number of nitrogens with two attached hydrogens (primary N) is 2. The van der Waals surface area contributed by atoms with Crippen LogP contribution in [0.4, 0.5) is 15.9 Å². The van der Waals surface area contributed by atoms with E-state index in [0.29, 0.717) is 50.6 Å². The van der Waals surface area contributed by atoms with E-state index >= 15 is 0 Å². The van der Waals surface area contributed by atoms with Crippen molar-refractivity contribution in [1.29, 1.82) is 0 Å². The summed E-state index contributed by atoms with van der Waals surface area (Å²) >= 11 is 0. The second kappa shape index (κ2) is 11.6. The summed E-state index contributed by atoms with van der Waals surface area (Å²) in [4.78, 5) is 33.6. The van der Waals surface area contributed by atoms with Crippen LogP contribution in [0.5, 0.6) is 5.75 Å². The van der Waals surface area contributed by atoms with Crippen LogP contribution in [-0.2, 0) is 4.79 Å². The highest BCUT2D eigenvalue weighted by Crippen LogP contribution is 2.36. The van der Waals surface area contributed by atoms with E-state index in [-0.39, 0.29) is 17.8 Å². The maximum absolute atomic E-state index is 13.5. The third-order valence-electron chi connectivity index (χ3n) is 6.82. The van der Waals surface area contributed by atoms with Crippen LogP contribution in [0, 0.1) is 5.82 Å². The van der Waals surface area contributed by atoms with Crippen molar-refractivity contribution in [3.63, 3.8) is 0 Å². The Morgan fingerprint density at radius 2 is 1.93 bits per heavy atom. The third kappa shape index (κ3) is 5.79. The van der Waals surface area contributed by atoms with Crippen LogP contribution in [-0.4, -0.2) is 56.8 Å². The molecule has 0 atom stereocenters. The van der Waals surface area contributed by atoms with Crippen molar-refractivity contribution < 1.29 is 29.1 Å². The predicted molar refractivity (Wildman–Crippen MR) is 149 cm³/mol. The molecular weight excluding hydrogens is 531 g/mol. The van der Waals surface area contributed by atoms with Gasteiger partial charge in [-0.05, 0) is 43.3 Å². The van der Waals surface area contributed by atoms with Gasteiger partial charge >= 0.3 is 0 Å². The number of aromatic nitrogens is 5. The van der Waals surface area contributed by atoms with E-state index in [2.05, 4.69) is 25.6 Å². The van der Waals surface area contributed by atoms with Crippen molar-refractivity contribution in [1.82, 2.24) is 24.7 Å². The van der Waals surface area contributed by atoms with Gasteiger partial charge in [0.15, 0.2) is 5.65 Å². The maximum atomic E-state index is 13.5. The Hall–Kier alpha value is -5.04. The lowest BCUT2D eigenvalue weighted by Crippen LogP contribution is -2.86. The number of nitrogens with zero attached hydrogens (tertiary/aromatic N) is 4. The molecule has 6 rings (SSSR count). The summed E-state index contributed by atoms with van der Waals surface area (Å²) < 4.78 is 21.1. The molecule has 3 aromatic heterocycles. The fourth-order valence-electron chi connectivity index (χ4n) is 4.96. The lowest BCUT2D eigenvalue weighted by atomic mass is 10.1. The number of amides is 1. The molecule has 6 N–H and O–H groups in total. The lowest BCUT2D eigenvalue weighted by Gasteiger charge is -2.21. The first-order valence-corrected chi connectivity index (χ1v) is 13.0. The van der Waals surface area contributed by atoms with Crippen LogP contribution in [0.15, 0.2) is 48.8 Å². The number of H-pyrrole nitrogens is 1. The fourth-order valence-corrected chi connectivity index (χ4v) is 4.96. The molecule has 1 fully saturated rings. The van der Waals surface area contributed by atoms with Gasteiger partial charge in [0.2, 0.25) is 0 Å².